The van der Waals surface area contributed by atoms with Gasteiger partial charge in [0.1, 0.15) is 5.82 Å². The number of rotatable bonds is 6. The summed E-state index contributed by atoms with van der Waals surface area (Å²) in [5, 5.41) is 12.7. The number of amides is 1. The molecule has 0 saturated carbocycles. The number of pyridine rings is 2. The third-order valence-corrected chi connectivity index (χ3v) is 11.0. The Bertz CT molecular complexity index is 2230. The van der Waals surface area contributed by atoms with Crippen LogP contribution in [0, 0.1) is 13.8 Å². The van der Waals surface area contributed by atoms with Gasteiger partial charge >= 0.3 is 0 Å². The Labute approximate surface area is 289 Å². The molecule has 3 aromatic heterocycles. The zero-order valence-corrected chi connectivity index (χ0v) is 28.8. The summed E-state index contributed by atoms with van der Waals surface area (Å²) in [7, 11) is 3.32. The topological polar surface area (TPSA) is 114 Å². The van der Waals surface area contributed by atoms with Crippen LogP contribution in [0.4, 0.5) is 11.5 Å². The fourth-order valence-electron chi connectivity index (χ4n) is 8.10. The molecule has 2 saturated heterocycles. The molecule has 0 radical (unpaired) electrons. The number of nitrogens with zero attached hydrogens (tertiary/aromatic N) is 5. The number of carbonyl (C=O) groups is 1. The molecule has 2 fully saturated rings. The van der Waals surface area contributed by atoms with Crippen molar-refractivity contribution in [1.29, 1.82) is 0 Å². The second kappa shape index (κ2) is 12.0. The Balaban J connectivity index is 1.13. The minimum atomic E-state index is -0.215. The van der Waals surface area contributed by atoms with Crippen LogP contribution in [0.25, 0.3) is 33.2 Å². The number of nitrogens with one attached hydrogen (secondary N) is 2. The Kier molecular flexibility index (Phi) is 7.68. The number of aromatic nitrogens is 4. The maximum Gasteiger partial charge on any atom is 0.278 e. The summed E-state index contributed by atoms with van der Waals surface area (Å²) in [6.45, 7) is 5.74. The predicted molar refractivity (Wildman–Crippen MR) is 192 cm³/mol. The molecule has 5 aromatic rings. The average Bonchev–Trinajstić information content (AvgIpc) is 3.81. The van der Waals surface area contributed by atoms with E-state index in [-0.39, 0.29) is 23.0 Å². The highest BCUT2D eigenvalue weighted by atomic mass is 35.5. The number of fused-ring (bicyclic) bond motifs is 2. The van der Waals surface area contributed by atoms with Gasteiger partial charge in [-0.1, -0.05) is 41.9 Å². The van der Waals surface area contributed by atoms with Crippen molar-refractivity contribution in [1.82, 2.24) is 30.0 Å². The van der Waals surface area contributed by atoms with Crippen LogP contribution >= 0.6 is 11.6 Å². The van der Waals surface area contributed by atoms with Crippen LogP contribution in [-0.4, -0.2) is 56.3 Å². The van der Waals surface area contributed by atoms with Gasteiger partial charge in [-0.3, -0.25) is 14.5 Å². The van der Waals surface area contributed by atoms with E-state index in [4.69, 9.17) is 26.3 Å². The van der Waals surface area contributed by atoms with E-state index in [2.05, 4.69) is 26.7 Å². The van der Waals surface area contributed by atoms with E-state index in [1.165, 1.54) is 10.2 Å². The van der Waals surface area contributed by atoms with Crippen molar-refractivity contribution < 1.29 is 9.53 Å². The Morgan fingerprint density at radius 1 is 1.02 bits per heavy atom. The Morgan fingerprint density at radius 2 is 1.82 bits per heavy atom. The number of aryl methyl sites for hydroxylation is 3. The number of methoxy groups -OCH3 is 1. The molecule has 1 aliphatic carbocycles. The molecule has 2 aromatic carbocycles. The molecule has 49 heavy (non-hydrogen) atoms. The number of anilines is 2. The molecule has 3 aliphatic rings. The largest absolute Gasteiger partial charge is 0.481 e. The van der Waals surface area contributed by atoms with Crippen molar-refractivity contribution in [3.8, 4) is 28.3 Å². The zero-order valence-electron chi connectivity index (χ0n) is 28.1. The molecular weight excluding hydrogens is 638 g/mol. The van der Waals surface area contributed by atoms with E-state index in [0.717, 1.165) is 89.1 Å². The summed E-state index contributed by atoms with van der Waals surface area (Å²) in [5.74, 6) is 1.29. The maximum atomic E-state index is 13.1. The molecule has 1 spiro atoms. The van der Waals surface area contributed by atoms with E-state index in [1.807, 2.05) is 56.3 Å². The van der Waals surface area contributed by atoms with Gasteiger partial charge in [-0.15, -0.1) is 0 Å². The summed E-state index contributed by atoms with van der Waals surface area (Å²) < 4.78 is 7.27. The average molecular weight is 676 g/mol. The zero-order chi connectivity index (χ0) is 34.0. The molecule has 8 rings (SSSR count). The normalized spacial score (nSPS) is 20.3. The first-order chi connectivity index (χ1) is 23.6. The minimum Gasteiger partial charge on any atom is -0.481 e. The van der Waals surface area contributed by atoms with Gasteiger partial charge in [0.2, 0.25) is 11.8 Å². The standard InChI is InChI=1S/C38H38ClN7O3/c1-21-17-24-19-40-45(3)37(48)33(24)35(41-21)42-28-10-6-7-25(22(28)2)26-8-5-9-27(34(26)39)29-18-23-11-12-30(32(23)36(43-29)49-4)46-16-15-38(20-46)14-13-31(47)44-38/h5-10,17-19,30H,11-16,20H2,1-4H3,(H,41,42)(H,44,47). The molecular formula is C38H38ClN7O3. The first-order valence-corrected chi connectivity index (χ1v) is 17.1. The van der Waals surface area contributed by atoms with Crippen molar-refractivity contribution in [3.63, 3.8) is 0 Å². The summed E-state index contributed by atoms with van der Waals surface area (Å²) in [4.78, 5) is 37.4. The van der Waals surface area contributed by atoms with Crippen LogP contribution in [-0.2, 0) is 18.3 Å². The highest BCUT2D eigenvalue weighted by Crippen LogP contribution is 2.47. The lowest BCUT2D eigenvalue weighted by molar-refractivity contribution is -0.119. The minimum absolute atomic E-state index is 0.0989. The molecule has 5 heterocycles. The first-order valence-electron chi connectivity index (χ1n) is 16.8. The lowest BCUT2D eigenvalue weighted by Crippen LogP contribution is -2.44. The maximum absolute atomic E-state index is 13.1. The van der Waals surface area contributed by atoms with Crippen LogP contribution in [0.2, 0.25) is 5.02 Å². The molecule has 10 nitrogen and oxygen atoms in total. The third kappa shape index (κ3) is 5.34. The number of hydrogen-bond acceptors (Lipinski definition) is 8. The number of likely N-dealkylation sites (tertiary alicyclic amines) is 1. The summed E-state index contributed by atoms with van der Waals surface area (Å²) in [5.41, 5.74) is 8.07. The van der Waals surface area contributed by atoms with E-state index < -0.39 is 0 Å². The van der Waals surface area contributed by atoms with Gasteiger partial charge in [-0.25, -0.2) is 14.6 Å². The van der Waals surface area contributed by atoms with Crippen molar-refractivity contribution in [2.45, 2.75) is 57.5 Å². The second-order valence-electron chi connectivity index (χ2n) is 13.6. The molecule has 2 N–H and O–H groups in total. The molecule has 0 bridgehead atoms. The van der Waals surface area contributed by atoms with E-state index in [1.54, 1.807) is 20.4 Å². The van der Waals surface area contributed by atoms with E-state index >= 15 is 0 Å². The molecule has 2 aliphatic heterocycles. The quantitative estimate of drug-likeness (QED) is 0.212. The third-order valence-electron chi connectivity index (χ3n) is 10.6. The Morgan fingerprint density at radius 3 is 2.61 bits per heavy atom. The SMILES string of the molecule is COc1nc(-c2cccc(-c3cccc(Nc4nc(C)cc5cnn(C)c(=O)c45)c3C)c2Cl)cc2c1C(N1CCC3(CCC(=O)N3)C1)CC2. The lowest BCUT2D eigenvalue weighted by Gasteiger charge is -2.28. The number of benzene rings is 2. The van der Waals surface area contributed by atoms with Crippen LogP contribution in [0.3, 0.4) is 0 Å². The van der Waals surface area contributed by atoms with Gasteiger partial charge in [0, 0.05) is 66.1 Å². The van der Waals surface area contributed by atoms with Gasteiger partial charge in [-0.2, -0.15) is 5.10 Å². The number of halogens is 1. The second-order valence-corrected chi connectivity index (χ2v) is 14.0. The predicted octanol–water partition coefficient (Wildman–Crippen LogP) is 6.42. The van der Waals surface area contributed by atoms with Crippen molar-refractivity contribution >= 4 is 39.8 Å². The van der Waals surface area contributed by atoms with Crippen LogP contribution in [0.15, 0.2) is 59.5 Å². The van der Waals surface area contributed by atoms with Crippen LogP contribution in [0.1, 0.15) is 54.1 Å². The van der Waals surface area contributed by atoms with Gasteiger partial charge in [0.15, 0.2) is 0 Å². The first kappa shape index (κ1) is 31.5. The number of hydrogen-bond donors (Lipinski definition) is 2. The smallest absolute Gasteiger partial charge is 0.278 e. The summed E-state index contributed by atoms with van der Waals surface area (Å²) >= 11 is 7.25. The van der Waals surface area contributed by atoms with Crippen LogP contribution in [0.5, 0.6) is 5.88 Å². The van der Waals surface area contributed by atoms with Crippen molar-refractivity contribution in [2.75, 3.05) is 25.5 Å². The molecule has 250 valence electrons. The lowest BCUT2D eigenvalue weighted by atomic mass is 9.96. The van der Waals surface area contributed by atoms with Crippen molar-refractivity contribution in [3.05, 3.63) is 92.5 Å². The van der Waals surface area contributed by atoms with Gasteiger partial charge in [-0.05, 0) is 74.4 Å². The van der Waals surface area contributed by atoms with E-state index in [0.29, 0.717) is 28.5 Å². The van der Waals surface area contributed by atoms with Crippen LogP contribution < -0.4 is 20.9 Å². The molecule has 1 amide bonds. The number of ether oxygens (including phenoxy) is 1. The summed E-state index contributed by atoms with van der Waals surface area (Å²) in [6.07, 6.45) is 6.09. The monoisotopic (exact) mass is 675 g/mol. The molecule has 2 atom stereocenters. The van der Waals surface area contributed by atoms with Gasteiger partial charge in [0.05, 0.1) is 34.9 Å². The fraction of sp³-hybridized carbons (Fsp3) is 0.342. The fourth-order valence-corrected chi connectivity index (χ4v) is 8.42. The highest BCUT2D eigenvalue weighted by molar-refractivity contribution is 6.36. The molecule has 2 unspecified atom stereocenters. The van der Waals surface area contributed by atoms with E-state index in [9.17, 15) is 9.59 Å². The Hall–Kier alpha value is -4.80. The van der Waals surface area contributed by atoms with Crippen molar-refractivity contribution in [2.24, 2.45) is 7.05 Å². The van der Waals surface area contributed by atoms with Gasteiger partial charge in [0.25, 0.3) is 5.56 Å². The highest BCUT2D eigenvalue weighted by Gasteiger charge is 2.46. The number of carbonyl (C=O) groups excluding carboxylic acids is 1. The summed E-state index contributed by atoms with van der Waals surface area (Å²) in [6, 6.07) is 16.3. The molecule has 11 heteroatoms. The van der Waals surface area contributed by atoms with Gasteiger partial charge < -0.3 is 15.4 Å².